The molecule has 2 aromatic rings. The van der Waals surface area contributed by atoms with E-state index in [9.17, 15) is 4.79 Å². The smallest absolute Gasteiger partial charge is 0.227 e. The maximum absolute atomic E-state index is 12.6. The number of hydrogen-bond acceptors (Lipinski definition) is 3. The number of hydrogen-bond donors (Lipinski definition) is 1. The molecule has 1 fully saturated rings. The maximum Gasteiger partial charge on any atom is 0.227 e. The molecule has 27 heavy (non-hydrogen) atoms. The summed E-state index contributed by atoms with van der Waals surface area (Å²) in [6, 6.07) is 15.4. The van der Waals surface area contributed by atoms with Gasteiger partial charge >= 0.3 is 0 Å². The van der Waals surface area contributed by atoms with Crippen molar-refractivity contribution in [3.05, 3.63) is 71.8 Å². The van der Waals surface area contributed by atoms with E-state index < -0.39 is 0 Å². The Morgan fingerprint density at radius 1 is 1.22 bits per heavy atom. The number of nitrogens with zero attached hydrogens (tertiary/aromatic N) is 1. The molecule has 0 bridgehead atoms. The Hall–Kier alpha value is -2.30. The summed E-state index contributed by atoms with van der Waals surface area (Å²) in [5.74, 6) is 0.834. The van der Waals surface area contributed by atoms with Crippen LogP contribution in [0.3, 0.4) is 0 Å². The Labute approximate surface area is 165 Å². The van der Waals surface area contributed by atoms with Crippen LogP contribution in [0.4, 0.5) is 5.69 Å². The lowest BCUT2D eigenvalue weighted by atomic mass is 9.95. The first-order valence-electron chi connectivity index (χ1n) is 9.26. The first-order valence-corrected chi connectivity index (χ1v) is 9.64. The molecule has 1 heterocycles. The van der Waals surface area contributed by atoms with Gasteiger partial charge in [-0.05, 0) is 49.7 Å². The highest BCUT2D eigenvalue weighted by atomic mass is 35.5. The second kappa shape index (κ2) is 9.58. The summed E-state index contributed by atoms with van der Waals surface area (Å²) >= 11 is 6.25. The van der Waals surface area contributed by atoms with Crippen molar-refractivity contribution in [1.29, 1.82) is 0 Å². The van der Waals surface area contributed by atoms with Crippen molar-refractivity contribution >= 4 is 23.2 Å². The van der Waals surface area contributed by atoms with E-state index in [1.165, 1.54) is 0 Å². The molecule has 3 rings (SSSR count). The molecule has 0 aliphatic carbocycles. The van der Waals surface area contributed by atoms with Crippen molar-refractivity contribution in [1.82, 2.24) is 4.90 Å². The minimum Gasteiger partial charge on any atom is -0.489 e. The number of nitrogens with one attached hydrogen (secondary N) is 1. The Morgan fingerprint density at radius 3 is 2.74 bits per heavy atom. The molecule has 0 unspecified atom stereocenters. The van der Waals surface area contributed by atoms with E-state index in [0.29, 0.717) is 6.61 Å². The average molecular weight is 385 g/mol. The molecule has 1 N–H and O–H groups in total. The largest absolute Gasteiger partial charge is 0.489 e. The number of carbonyl (C=O) groups is 1. The van der Waals surface area contributed by atoms with E-state index in [0.717, 1.165) is 54.5 Å². The van der Waals surface area contributed by atoms with E-state index in [1.807, 2.05) is 42.5 Å². The summed E-state index contributed by atoms with van der Waals surface area (Å²) in [5, 5.41) is 3.82. The number of piperidine rings is 1. The quantitative estimate of drug-likeness (QED) is 0.700. The third kappa shape index (κ3) is 5.59. The van der Waals surface area contributed by atoms with Gasteiger partial charge in [0.05, 0.1) is 0 Å². The van der Waals surface area contributed by atoms with Crippen LogP contribution >= 0.6 is 11.6 Å². The molecule has 4 nitrogen and oxygen atoms in total. The van der Waals surface area contributed by atoms with Crippen molar-refractivity contribution in [2.75, 3.05) is 25.0 Å². The standard InChI is InChI=1S/C22H25ClN2O2/c1-2-14-27-20-8-5-7-19(15-20)24-22(26)17-10-12-25(13-11-17)16-18-6-3-4-9-21(18)23/h2-9,15,17H,1,10-14,16H2,(H,24,26). The zero-order valence-corrected chi connectivity index (χ0v) is 16.1. The fourth-order valence-electron chi connectivity index (χ4n) is 3.28. The van der Waals surface area contributed by atoms with E-state index in [4.69, 9.17) is 16.3 Å². The van der Waals surface area contributed by atoms with Crippen LogP contribution < -0.4 is 10.1 Å². The van der Waals surface area contributed by atoms with Gasteiger partial charge in [0, 0.05) is 29.2 Å². The first-order chi connectivity index (χ1) is 13.2. The minimum atomic E-state index is 0.0326. The molecule has 1 saturated heterocycles. The van der Waals surface area contributed by atoms with Crippen molar-refractivity contribution in [3.63, 3.8) is 0 Å². The van der Waals surface area contributed by atoms with E-state index in [2.05, 4.69) is 22.9 Å². The highest BCUT2D eigenvalue weighted by molar-refractivity contribution is 6.31. The van der Waals surface area contributed by atoms with Gasteiger partial charge in [0.1, 0.15) is 12.4 Å². The number of anilines is 1. The summed E-state index contributed by atoms with van der Waals surface area (Å²) in [6.07, 6.45) is 3.40. The number of benzene rings is 2. The van der Waals surface area contributed by atoms with Gasteiger partial charge in [-0.2, -0.15) is 0 Å². The third-order valence-electron chi connectivity index (χ3n) is 4.78. The molecule has 0 radical (unpaired) electrons. The lowest BCUT2D eigenvalue weighted by Gasteiger charge is -2.31. The normalized spacial score (nSPS) is 15.3. The summed E-state index contributed by atoms with van der Waals surface area (Å²) in [7, 11) is 0. The second-order valence-corrected chi connectivity index (χ2v) is 7.17. The molecular formula is C22H25ClN2O2. The number of carbonyl (C=O) groups excluding carboxylic acids is 1. The van der Waals surface area contributed by atoms with Crippen LogP contribution in [0.5, 0.6) is 5.75 Å². The Balaban J connectivity index is 1.50. The summed E-state index contributed by atoms with van der Waals surface area (Å²) in [4.78, 5) is 15.0. The second-order valence-electron chi connectivity index (χ2n) is 6.76. The fourth-order valence-corrected chi connectivity index (χ4v) is 3.48. The molecule has 1 amide bonds. The van der Waals surface area contributed by atoms with Crippen LogP contribution in [0.2, 0.25) is 5.02 Å². The summed E-state index contributed by atoms with van der Waals surface area (Å²) in [6.45, 7) is 6.70. The molecule has 5 heteroatoms. The highest BCUT2D eigenvalue weighted by Gasteiger charge is 2.25. The molecule has 2 aromatic carbocycles. The van der Waals surface area contributed by atoms with Gasteiger partial charge < -0.3 is 10.1 Å². The topological polar surface area (TPSA) is 41.6 Å². The maximum atomic E-state index is 12.6. The van der Waals surface area contributed by atoms with E-state index in [1.54, 1.807) is 6.08 Å². The molecule has 1 aliphatic rings. The Bertz CT molecular complexity index is 785. The van der Waals surface area contributed by atoms with Gasteiger partial charge in [0.25, 0.3) is 0 Å². The first kappa shape index (κ1) is 19.5. The van der Waals surface area contributed by atoms with Gasteiger partial charge in [-0.15, -0.1) is 0 Å². The molecular weight excluding hydrogens is 360 g/mol. The Kier molecular flexibility index (Phi) is 6.91. The lowest BCUT2D eigenvalue weighted by molar-refractivity contribution is -0.121. The monoisotopic (exact) mass is 384 g/mol. The lowest BCUT2D eigenvalue weighted by Crippen LogP contribution is -2.37. The van der Waals surface area contributed by atoms with Crippen molar-refractivity contribution in [2.45, 2.75) is 19.4 Å². The van der Waals surface area contributed by atoms with Crippen molar-refractivity contribution in [3.8, 4) is 5.75 Å². The number of ether oxygens (including phenoxy) is 1. The number of likely N-dealkylation sites (tertiary alicyclic amines) is 1. The van der Waals surface area contributed by atoms with Crippen LogP contribution in [0, 0.1) is 5.92 Å². The average Bonchev–Trinajstić information content (AvgIpc) is 2.69. The zero-order chi connectivity index (χ0) is 19.1. The zero-order valence-electron chi connectivity index (χ0n) is 15.4. The molecule has 0 atom stereocenters. The minimum absolute atomic E-state index is 0.0326. The molecule has 142 valence electrons. The Morgan fingerprint density at radius 2 is 2.00 bits per heavy atom. The summed E-state index contributed by atoms with van der Waals surface area (Å²) in [5.41, 5.74) is 1.90. The van der Waals surface area contributed by atoms with Gasteiger partial charge in [0.15, 0.2) is 0 Å². The highest BCUT2D eigenvalue weighted by Crippen LogP contribution is 2.24. The van der Waals surface area contributed by atoms with Gasteiger partial charge in [0.2, 0.25) is 5.91 Å². The van der Waals surface area contributed by atoms with Crippen molar-refractivity contribution < 1.29 is 9.53 Å². The van der Waals surface area contributed by atoms with Crippen LogP contribution in [0.1, 0.15) is 18.4 Å². The molecule has 0 aromatic heterocycles. The van der Waals surface area contributed by atoms with Crippen LogP contribution in [0.25, 0.3) is 0 Å². The third-order valence-corrected chi connectivity index (χ3v) is 5.15. The van der Waals surface area contributed by atoms with Gasteiger partial charge in [-0.1, -0.05) is 48.5 Å². The fraction of sp³-hybridized carbons (Fsp3) is 0.318. The number of rotatable bonds is 7. The predicted molar refractivity (Wildman–Crippen MR) is 110 cm³/mol. The number of halogens is 1. The molecule has 1 aliphatic heterocycles. The van der Waals surface area contributed by atoms with Gasteiger partial charge in [-0.25, -0.2) is 0 Å². The van der Waals surface area contributed by atoms with E-state index >= 15 is 0 Å². The predicted octanol–water partition coefficient (Wildman–Crippen LogP) is 4.76. The van der Waals surface area contributed by atoms with Crippen LogP contribution in [-0.2, 0) is 11.3 Å². The van der Waals surface area contributed by atoms with Crippen LogP contribution in [-0.4, -0.2) is 30.5 Å². The van der Waals surface area contributed by atoms with Crippen LogP contribution in [0.15, 0.2) is 61.2 Å². The van der Waals surface area contributed by atoms with E-state index in [-0.39, 0.29) is 11.8 Å². The number of amides is 1. The summed E-state index contributed by atoms with van der Waals surface area (Å²) < 4.78 is 5.52. The van der Waals surface area contributed by atoms with Gasteiger partial charge in [-0.3, -0.25) is 9.69 Å². The molecule has 0 saturated carbocycles. The van der Waals surface area contributed by atoms with Crippen molar-refractivity contribution in [2.24, 2.45) is 5.92 Å². The molecule has 0 spiro atoms. The SMILES string of the molecule is C=CCOc1cccc(NC(=O)C2CCN(Cc3ccccc3Cl)CC2)c1.